The molecular formula is C7H8FNO. The molecule has 3 heteroatoms. The Labute approximate surface area is 58.4 Å². The molecule has 1 aromatic carbocycles. The van der Waals surface area contributed by atoms with Gasteiger partial charge in [-0.15, -0.1) is 0 Å². The summed E-state index contributed by atoms with van der Waals surface area (Å²) in [5, 5.41) is 0. The van der Waals surface area contributed by atoms with Crippen molar-refractivity contribution in [3.63, 3.8) is 0 Å². The van der Waals surface area contributed by atoms with Gasteiger partial charge in [-0.1, -0.05) is 12.1 Å². The van der Waals surface area contributed by atoms with E-state index < -0.39 is 0 Å². The second-order valence-electron chi connectivity index (χ2n) is 1.94. The molecule has 2 nitrogen and oxygen atoms in total. The monoisotopic (exact) mass is 140 g/mol. The summed E-state index contributed by atoms with van der Waals surface area (Å²) in [5.41, 5.74) is 0.865. The van der Waals surface area contributed by atoms with Gasteiger partial charge in [-0.25, -0.2) is 10.3 Å². The zero-order chi connectivity index (χ0) is 7.40. The van der Waals surface area contributed by atoms with Crippen LogP contribution in [0.4, 0.5) is 4.39 Å². The van der Waals surface area contributed by atoms with E-state index >= 15 is 0 Å². The van der Waals surface area contributed by atoms with Gasteiger partial charge in [-0.2, -0.15) is 0 Å². The highest BCUT2D eigenvalue weighted by atomic mass is 18.2. The predicted molar refractivity (Wildman–Crippen MR) is 35.4 cm³/mol. The molecule has 54 valence electrons. The van der Waals surface area contributed by atoms with Crippen LogP contribution in [0.15, 0.2) is 24.3 Å². The molecule has 2 N–H and O–H groups in total. The van der Waals surface area contributed by atoms with Crippen LogP contribution in [0.1, 0.15) is 5.56 Å². The molecule has 0 spiro atoms. The van der Waals surface area contributed by atoms with Gasteiger partial charge in [0.25, 0.3) is 0 Å². The van der Waals surface area contributed by atoms with Gasteiger partial charge in [0.05, 0.1) is 6.61 Å². The first-order chi connectivity index (χ1) is 4.83. The first-order valence-electron chi connectivity index (χ1n) is 2.89. The molecule has 0 aromatic heterocycles. The van der Waals surface area contributed by atoms with E-state index in [4.69, 9.17) is 5.90 Å². The third kappa shape index (κ3) is 1.79. The van der Waals surface area contributed by atoms with Crippen molar-refractivity contribution in [3.05, 3.63) is 35.6 Å². The van der Waals surface area contributed by atoms with Crippen LogP contribution in [-0.2, 0) is 11.4 Å². The molecule has 0 unspecified atom stereocenters. The van der Waals surface area contributed by atoms with Crippen molar-refractivity contribution in [2.75, 3.05) is 0 Å². The summed E-state index contributed by atoms with van der Waals surface area (Å²) >= 11 is 0. The third-order valence-electron chi connectivity index (χ3n) is 1.16. The summed E-state index contributed by atoms with van der Waals surface area (Å²) in [6.45, 7) is 0.320. The summed E-state index contributed by atoms with van der Waals surface area (Å²) in [5.74, 6) is 4.56. The van der Waals surface area contributed by atoms with E-state index in [9.17, 15) is 4.39 Å². The van der Waals surface area contributed by atoms with Gasteiger partial charge in [0, 0.05) is 0 Å². The molecular weight excluding hydrogens is 132 g/mol. The molecule has 0 bridgehead atoms. The summed E-state index contributed by atoms with van der Waals surface area (Å²) in [6.07, 6.45) is 0. The fourth-order valence-corrected chi connectivity index (χ4v) is 0.677. The molecule has 0 aliphatic rings. The van der Waals surface area contributed by atoms with Crippen molar-refractivity contribution in [1.29, 1.82) is 0 Å². The highest BCUT2D eigenvalue weighted by Gasteiger charge is 1.90. The van der Waals surface area contributed by atoms with Crippen molar-refractivity contribution >= 4 is 0 Å². The molecule has 0 radical (unpaired) electrons. The van der Waals surface area contributed by atoms with E-state index in [1.54, 1.807) is 12.1 Å². The fourth-order valence-electron chi connectivity index (χ4n) is 0.677. The Morgan fingerprint density at radius 1 is 1.30 bits per heavy atom. The smallest absolute Gasteiger partial charge is 0.123 e. The molecule has 0 aliphatic heterocycles. The average molecular weight is 140 g/mol. The lowest BCUT2D eigenvalue weighted by Crippen LogP contribution is -1.98. The van der Waals surface area contributed by atoms with E-state index in [-0.39, 0.29) is 5.82 Å². The second kappa shape index (κ2) is 3.29. The highest BCUT2D eigenvalue weighted by molar-refractivity contribution is 5.14. The number of halogens is 1. The number of benzene rings is 1. The Hall–Kier alpha value is -0.930. The van der Waals surface area contributed by atoms with Crippen LogP contribution in [0.2, 0.25) is 0 Å². The molecule has 1 rings (SSSR count). The second-order valence-corrected chi connectivity index (χ2v) is 1.94. The molecule has 0 saturated heterocycles. The van der Waals surface area contributed by atoms with E-state index in [1.807, 2.05) is 0 Å². The zero-order valence-corrected chi connectivity index (χ0v) is 5.38. The van der Waals surface area contributed by atoms with Crippen LogP contribution >= 0.6 is 0 Å². The van der Waals surface area contributed by atoms with Crippen molar-refractivity contribution in [3.8, 4) is 0 Å². The van der Waals surface area contributed by atoms with Crippen molar-refractivity contribution in [2.24, 2.45) is 5.90 Å². The lowest BCUT2D eigenvalue weighted by molar-refractivity contribution is 0.124. The molecule has 0 saturated carbocycles. The summed E-state index contributed by atoms with van der Waals surface area (Å²) < 4.78 is 12.3. The lowest BCUT2D eigenvalue weighted by Gasteiger charge is -1.96. The minimum Gasteiger partial charge on any atom is -0.300 e. The Bertz CT molecular complexity index is 197. The minimum absolute atomic E-state index is 0.249. The van der Waals surface area contributed by atoms with Gasteiger partial charge >= 0.3 is 0 Å². The van der Waals surface area contributed by atoms with Crippen LogP contribution in [0.5, 0.6) is 0 Å². The molecule has 0 heterocycles. The van der Waals surface area contributed by atoms with Gasteiger partial charge in [0.2, 0.25) is 0 Å². The van der Waals surface area contributed by atoms with Gasteiger partial charge in [0.15, 0.2) is 0 Å². The molecule has 0 aliphatic carbocycles. The molecule has 1 aromatic rings. The average Bonchev–Trinajstić information content (AvgIpc) is 1.95. The van der Waals surface area contributed by atoms with Crippen molar-refractivity contribution in [1.82, 2.24) is 0 Å². The molecule has 10 heavy (non-hydrogen) atoms. The van der Waals surface area contributed by atoms with E-state index in [1.165, 1.54) is 12.1 Å². The standard InChI is InChI=1S/C7H8FNO/c8-7-3-1-6(2-4-7)5-10-9/h1-4H,5,9H2/i8-1. The van der Waals surface area contributed by atoms with Gasteiger partial charge in [-0.05, 0) is 17.7 Å². The summed E-state index contributed by atoms with van der Waals surface area (Å²) in [7, 11) is 0. The number of rotatable bonds is 2. The van der Waals surface area contributed by atoms with Crippen LogP contribution in [0, 0.1) is 5.82 Å². The third-order valence-corrected chi connectivity index (χ3v) is 1.16. The van der Waals surface area contributed by atoms with E-state index in [0.717, 1.165) is 5.56 Å². The normalized spacial score (nSPS) is 9.80. The maximum absolute atomic E-state index is 12.3. The number of hydrogen-bond donors (Lipinski definition) is 1. The first-order valence-corrected chi connectivity index (χ1v) is 2.89. The number of hydrogen-bond acceptors (Lipinski definition) is 2. The topological polar surface area (TPSA) is 35.2 Å². The largest absolute Gasteiger partial charge is 0.300 e. The molecule has 0 fully saturated rings. The van der Waals surface area contributed by atoms with E-state index in [0.29, 0.717) is 6.61 Å². The number of nitrogens with two attached hydrogens (primary N) is 1. The Morgan fingerprint density at radius 2 is 1.90 bits per heavy atom. The zero-order valence-electron chi connectivity index (χ0n) is 5.38. The maximum atomic E-state index is 12.3. The van der Waals surface area contributed by atoms with Crippen LogP contribution in [0.25, 0.3) is 0 Å². The van der Waals surface area contributed by atoms with Gasteiger partial charge < -0.3 is 0 Å². The van der Waals surface area contributed by atoms with Crippen molar-refractivity contribution < 1.29 is 9.23 Å². The van der Waals surface area contributed by atoms with Crippen molar-refractivity contribution in [2.45, 2.75) is 6.61 Å². The summed E-state index contributed by atoms with van der Waals surface area (Å²) in [6, 6.07) is 5.99. The SMILES string of the molecule is NOCc1ccc([18F])cc1. The predicted octanol–water partition coefficient (Wildman–Crippen LogP) is 1.22. The first kappa shape index (κ1) is 7.18. The summed E-state index contributed by atoms with van der Waals surface area (Å²) in [4.78, 5) is 4.35. The highest BCUT2D eigenvalue weighted by Crippen LogP contribution is 2.02. The Balaban J connectivity index is 2.69. The van der Waals surface area contributed by atoms with Gasteiger partial charge in [-0.3, -0.25) is 4.84 Å². The van der Waals surface area contributed by atoms with E-state index in [2.05, 4.69) is 4.84 Å². The maximum Gasteiger partial charge on any atom is 0.123 e. The molecule has 0 atom stereocenters. The Morgan fingerprint density at radius 3 is 2.40 bits per heavy atom. The quantitative estimate of drug-likeness (QED) is 0.627. The minimum atomic E-state index is -0.249. The van der Waals surface area contributed by atoms with Crippen LogP contribution in [0.3, 0.4) is 0 Å². The molecule has 0 amide bonds. The van der Waals surface area contributed by atoms with Crippen LogP contribution in [-0.4, -0.2) is 0 Å². The lowest BCUT2D eigenvalue weighted by atomic mass is 10.2. The fraction of sp³-hybridized carbons (Fsp3) is 0.143. The van der Waals surface area contributed by atoms with Gasteiger partial charge in [0.1, 0.15) is 5.82 Å². The van der Waals surface area contributed by atoms with Crippen LogP contribution < -0.4 is 5.90 Å². The Kier molecular flexibility index (Phi) is 2.36.